The van der Waals surface area contributed by atoms with Crippen molar-refractivity contribution in [1.82, 2.24) is 0 Å². The molecule has 2 N–H and O–H groups in total. The minimum atomic E-state index is 0.0420. The molecule has 0 unspecified atom stereocenters. The maximum atomic E-state index is 9.98. The summed E-state index contributed by atoms with van der Waals surface area (Å²) in [4.78, 5) is 0. The van der Waals surface area contributed by atoms with Crippen LogP contribution in [0.4, 0.5) is 0 Å². The molecule has 0 heterocycles. The van der Waals surface area contributed by atoms with Crippen LogP contribution in [0.15, 0.2) is 107 Å². The summed E-state index contributed by atoms with van der Waals surface area (Å²) in [5, 5.41) is 18.7. The van der Waals surface area contributed by atoms with Gasteiger partial charge in [-0.05, 0) is 52.3 Å². The van der Waals surface area contributed by atoms with Crippen molar-refractivity contribution in [2.45, 2.75) is 34.6 Å². The van der Waals surface area contributed by atoms with E-state index in [1.807, 2.05) is 82.4 Å². The Morgan fingerprint density at radius 2 is 1.23 bits per heavy atom. The first-order valence-corrected chi connectivity index (χ1v) is 8.75. The zero-order chi connectivity index (χ0) is 19.8. The molecule has 0 aliphatic rings. The summed E-state index contributed by atoms with van der Waals surface area (Å²) in [6.07, 6.45) is 24.7. The molecule has 26 heavy (non-hydrogen) atoms. The SMILES string of the molecule is CC=C/C(C)=C/C=C/C(C)=C/C=C(O)\C=C(C)\C=C\C=C(C)\C=C\CO. The second-order valence-corrected chi connectivity index (χ2v) is 6.02. The lowest BCUT2D eigenvalue weighted by Gasteiger charge is -1.94. The standard InChI is InChI=1S/C24H32O2/c1-6-10-20(2)11-7-13-22(4)16-17-24(26)19-23(5)14-8-12-21(3)15-9-18-25/h6-17,19,25-26H,18H2,1-5H3/b10-6?,13-7+,14-8+,15-9+,20-11+,21-12+,22-16+,23-19+,24-17+. The highest BCUT2D eigenvalue weighted by molar-refractivity contribution is 5.33. The lowest BCUT2D eigenvalue weighted by Crippen LogP contribution is -1.77. The molecule has 0 bridgehead atoms. The zero-order valence-electron chi connectivity index (χ0n) is 16.6. The summed E-state index contributed by atoms with van der Waals surface area (Å²) in [5.41, 5.74) is 4.24. The summed E-state index contributed by atoms with van der Waals surface area (Å²) < 4.78 is 0. The average molecular weight is 353 g/mol. The van der Waals surface area contributed by atoms with Gasteiger partial charge < -0.3 is 10.2 Å². The van der Waals surface area contributed by atoms with Gasteiger partial charge in [0, 0.05) is 0 Å². The molecule has 0 fully saturated rings. The van der Waals surface area contributed by atoms with Gasteiger partial charge in [0.05, 0.1) is 6.61 Å². The third-order valence-corrected chi connectivity index (χ3v) is 3.24. The zero-order valence-corrected chi connectivity index (χ0v) is 16.6. The first-order chi connectivity index (χ1) is 12.4. The van der Waals surface area contributed by atoms with Gasteiger partial charge >= 0.3 is 0 Å². The maximum absolute atomic E-state index is 9.98. The average Bonchev–Trinajstić information content (AvgIpc) is 2.58. The van der Waals surface area contributed by atoms with E-state index in [1.165, 1.54) is 5.57 Å². The van der Waals surface area contributed by atoms with Crippen molar-refractivity contribution in [3.05, 3.63) is 107 Å². The van der Waals surface area contributed by atoms with E-state index in [4.69, 9.17) is 5.11 Å². The van der Waals surface area contributed by atoms with Crippen LogP contribution in [-0.2, 0) is 0 Å². The van der Waals surface area contributed by atoms with Gasteiger partial charge in [-0.2, -0.15) is 0 Å². The van der Waals surface area contributed by atoms with E-state index < -0.39 is 0 Å². The highest BCUT2D eigenvalue weighted by atomic mass is 16.3. The van der Waals surface area contributed by atoms with Crippen molar-refractivity contribution >= 4 is 0 Å². The molecule has 0 aliphatic heterocycles. The maximum Gasteiger partial charge on any atom is 0.115 e. The number of allylic oxidation sites excluding steroid dienone is 16. The van der Waals surface area contributed by atoms with Crippen LogP contribution >= 0.6 is 0 Å². The monoisotopic (exact) mass is 352 g/mol. The summed E-state index contributed by atoms with van der Waals surface area (Å²) in [6.45, 7) is 9.97. The number of hydrogen-bond donors (Lipinski definition) is 2. The van der Waals surface area contributed by atoms with Crippen molar-refractivity contribution in [3.8, 4) is 0 Å². The van der Waals surface area contributed by atoms with Crippen LogP contribution in [0.3, 0.4) is 0 Å². The van der Waals surface area contributed by atoms with Crippen molar-refractivity contribution in [3.63, 3.8) is 0 Å². The number of rotatable bonds is 9. The molecule has 0 aliphatic carbocycles. The molecule has 0 aromatic heterocycles. The molecule has 0 radical (unpaired) electrons. The Morgan fingerprint density at radius 3 is 1.81 bits per heavy atom. The fraction of sp³-hybridized carbons (Fsp3) is 0.250. The van der Waals surface area contributed by atoms with Crippen LogP contribution in [0.2, 0.25) is 0 Å². The molecule has 0 saturated carbocycles. The first-order valence-electron chi connectivity index (χ1n) is 8.75. The van der Waals surface area contributed by atoms with Crippen LogP contribution in [0.25, 0.3) is 0 Å². The van der Waals surface area contributed by atoms with Crippen LogP contribution in [0.1, 0.15) is 34.6 Å². The predicted molar refractivity (Wildman–Crippen MR) is 115 cm³/mol. The van der Waals surface area contributed by atoms with Crippen molar-refractivity contribution < 1.29 is 10.2 Å². The second kappa shape index (κ2) is 14.7. The highest BCUT2D eigenvalue weighted by Gasteiger charge is 1.88. The molecule has 2 heteroatoms. The molecular formula is C24H32O2. The first kappa shape index (κ1) is 23.4. The van der Waals surface area contributed by atoms with E-state index in [9.17, 15) is 5.11 Å². The minimum absolute atomic E-state index is 0.0420. The van der Waals surface area contributed by atoms with Gasteiger partial charge in [0.15, 0.2) is 0 Å². The van der Waals surface area contributed by atoms with Crippen molar-refractivity contribution in [2.24, 2.45) is 0 Å². The van der Waals surface area contributed by atoms with E-state index in [0.29, 0.717) is 0 Å². The highest BCUT2D eigenvalue weighted by Crippen LogP contribution is 2.05. The lowest BCUT2D eigenvalue weighted by molar-refractivity contribution is 0.342. The Kier molecular flexibility index (Phi) is 13.3. The molecule has 0 rings (SSSR count). The number of aliphatic hydroxyl groups is 2. The Bertz CT molecular complexity index is 688. The summed E-state index contributed by atoms with van der Waals surface area (Å²) in [7, 11) is 0. The summed E-state index contributed by atoms with van der Waals surface area (Å²) in [6, 6.07) is 0. The fourth-order valence-corrected chi connectivity index (χ4v) is 1.92. The largest absolute Gasteiger partial charge is 0.508 e. The molecule has 2 nitrogen and oxygen atoms in total. The summed E-state index contributed by atoms with van der Waals surface area (Å²) >= 11 is 0. The smallest absolute Gasteiger partial charge is 0.115 e. The normalized spacial score (nSPS) is 16.2. The van der Waals surface area contributed by atoms with Crippen LogP contribution in [0.5, 0.6) is 0 Å². The molecule has 140 valence electrons. The van der Waals surface area contributed by atoms with Gasteiger partial charge in [-0.3, -0.25) is 0 Å². The molecular weight excluding hydrogens is 320 g/mol. The van der Waals surface area contributed by atoms with Crippen LogP contribution in [-0.4, -0.2) is 16.8 Å². The van der Waals surface area contributed by atoms with Gasteiger partial charge in [-0.25, -0.2) is 0 Å². The van der Waals surface area contributed by atoms with Gasteiger partial charge in [0.1, 0.15) is 5.76 Å². The second-order valence-electron chi connectivity index (χ2n) is 6.02. The van der Waals surface area contributed by atoms with Crippen LogP contribution < -0.4 is 0 Å². The molecule has 0 spiro atoms. The molecule has 0 aromatic rings. The van der Waals surface area contributed by atoms with E-state index in [1.54, 1.807) is 18.2 Å². The minimum Gasteiger partial charge on any atom is -0.508 e. The van der Waals surface area contributed by atoms with E-state index in [2.05, 4.69) is 13.0 Å². The quantitative estimate of drug-likeness (QED) is 0.370. The Morgan fingerprint density at radius 1 is 0.692 bits per heavy atom. The van der Waals surface area contributed by atoms with Gasteiger partial charge in [0.25, 0.3) is 0 Å². The number of aliphatic hydroxyl groups excluding tert-OH is 2. The Hall–Kier alpha value is -2.58. The molecule has 0 saturated heterocycles. The van der Waals surface area contributed by atoms with Gasteiger partial charge in [0.2, 0.25) is 0 Å². The molecule has 0 amide bonds. The lowest BCUT2D eigenvalue weighted by atomic mass is 10.2. The van der Waals surface area contributed by atoms with E-state index in [0.717, 1.165) is 16.7 Å². The summed E-state index contributed by atoms with van der Waals surface area (Å²) in [5.74, 6) is 0.210. The van der Waals surface area contributed by atoms with E-state index in [-0.39, 0.29) is 12.4 Å². The Balaban J connectivity index is 4.83. The number of hydrogen-bond acceptors (Lipinski definition) is 2. The topological polar surface area (TPSA) is 40.5 Å². The Labute approximate surface area is 159 Å². The van der Waals surface area contributed by atoms with E-state index >= 15 is 0 Å². The van der Waals surface area contributed by atoms with Gasteiger partial charge in [-0.15, -0.1) is 0 Å². The predicted octanol–water partition coefficient (Wildman–Crippen LogP) is 6.45. The molecule has 0 aromatic carbocycles. The fourth-order valence-electron chi connectivity index (χ4n) is 1.92. The third-order valence-electron chi connectivity index (χ3n) is 3.24. The van der Waals surface area contributed by atoms with Crippen molar-refractivity contribution in [2.75, 3.05) is 6.61 Å². The van der Waals surface area contributed by atoms with Crippen LogP contribution in [0, 0.1) is 0 Å². The third kappa shape index (κ3) is 13.8. The van der Waals surface area contributed by atoms with Crippen molar-refractivity contribution in [1.29, 1.82) is 0 Å². The van der Waals surface area contributed by atoms with Gasteiger partial charge in [-0.1, -0.05) is 83.6 Å². The molecule has 0 atom stereocenters.